The molecule has 3 aromatic carbocycles. The Labute approximate surface area is 245 Å². The van der Waals surface area contributed by atoms with Gasteiger partial charge in [0.1, 0.15) is 29.9 Å². The molecule has 6 heterocycles. The van der Waals surface area contributed by atoms with Crippen LogP contribution in [0.4, 0.5) is 23.4 Å². The maximum atomic E-state index is 16.6. The highest BCUT2D eigenvalue weighted by molar-refractivity contribution is 6.01. The predicted molar refractivity (Wildman–Crippen MR) is 155 cm³/mol. The fourth-order valence-corrected chi connectivity index (χ4v) is 7.83. The lowest BCUT2D eigenvalue weighted by atomic mass is 9.92. The summed E-state index contributed by atoms with van der Waals surface area (Å²) in [5, 5.41) is 14.5. The Hall–Kier alpha value is -3.70. The molecule has 0 aliphatic carbocycles. The van der Waals surface area contributed by atoms with E-state index in [2.05, 4.69) is 20.1 Å². The monoisotopic (exact) mass is 593 g/mol. The van der Waals surface area contributed by atoms with Crippen molar-refractivity contribution in [2.45, 2.75) is 55.9 Å². The molecule has 5 aliphatic rings. The normalized spacial score (nSPS) is 27.0. The molecule has 0 saturated carbocycles. The van der Waals surface area contributed by atoms with Crippen molar-refractivity contribution < 1.29 is 27.4 Å². The van der Waals surface area contributed by atoms with E-state index in [9.17, 15) is 13.9 Å². The first-order valence-electron chi connectivity index (χ1n) is 14.9. The van der Waals surface area contributed by atoms with E-state index in [1.807, 2.05) is 0 Å². The molecule has 5 fully saturated rings. The van der Waals surface area contributed by atoms with Crippen molar-refractivity contribution in [2.75, 3.05) is 37.7 Å². The van der Waals surface area contributed by atoms with Gasteiger partial charge >= 0.3 is 6.01 Å². The Kier molecular flexibility index (Phi) is 6.20. The summed E-state index contributed by atoms with van der Waals surface area (Å²) in [6.07, 6.45) is 3.23. The van der Waals surface area contributed by atoms with Crippen molar-refractivity contribution in [1.29, 1.82) is 0 Å². The quantitative estimate of drug-likeness (QED) is 0.298. The van der Waals surface area contributed by atoms with Gasteiger partial charge in [-0.2, -0.15) is 9.97 Å². The molecular weight excluding hydrogens is 562 g/mol. The average molecular weight is 594 g/mol. The predicted octanol–water partition coefficient (Wildman–Crippen LogP) is 5.47. The number of hydrogen-bond donors (Lipinski definition) is 2. The van der Waals surface area contributed by atoms with Gasteiger partial charge in [0, 0.05) is 54.5 Å². The smallest absolute Gasteiger partial charge is 0.319 e. The summed E-state index contributed by atoms with van der Waals surface area (Å²) in [7, 11) is 0. The van der Waals surface area contributed by atoms with Crippen molar-refractivity contribution >= 4 is 27.5 Å². The van der Waals surface area contributed by atoms with E-state index >= 15 is 8.78 Å². The second kappa shape index (κ2) is 9.92. The first kappa shape index (κ1) is 26.9. The summed E-state index contributed by atoms with van der Waals surface area (Å²) in [6, 6.07) is 8.49. The molecular formula is C32H31F4N5O2. The van der Waals surface area contributed by atoms with Crippen LogP contribution in [0.1, 0.15) is 32.1 Å². The van der Waals surface area contributed by atoms with Gasteiger partial charge in [0.25, 0.3) is 0 Å². The fraction of sp³-hybridized carbons (Fsp3) is 0.438. The van der Waals surface area contributed by atoms with Crippen LogP contribution in [0.25, 0.3) is 32.8 Å². The number of phenols is 1. The van der Waals surface area contributed by atoms with Gasteiger partial charge in [-0.1, -0.05) is 12.1 Å². The standard InChI is InChI=1S/C32H31F4N5O2/c33-18-12-32(8-1-9-40(32)14-18)16-43-31-38-29-23(30(39-31)41-15-19-3-4-20(41)13-37-19)6-5-22(27(29)35)24-11-21(42)10-17-2-7-25(34)28(36)26(17)24/h2,5-7,10-11,18-20,37,42H,1,3-4,8-9,12-16H2/t18-,19+,20+,32+/m1/s1. The van der Waals surface area contributed by atoms with Gasteiger partial charge in [0.15, 0.2) is 17.5 Å². The summed E-state index contributed by atoms with van der Waals surface area (Å²) >= 11 is 0. The molecule has 0 radical (unpaired) electrons. The van der Waals surface area contributed by atoms with Crippen molar-refractivity contribution in [3.05, 3.63) is 53.8 Å². The number of anilines is 1. The van der Waals surface area contributed by atoms with Crippen LogP contribution in [-0.4, -0.2) is 76.6 Å². The van der Waals surface area contributed by atoms with E-state index in [0.29, 0.717) is 30.7 Å². The van der Waals surface area contributed by atoms with Gasteiger partial charge in [-0.15, -0.1) is 0 Å². The highest BCUT2D eigenvalue weighted by Crippen LogP contribution is 2.42. The molecule has 0 spiro atoms. The lowest BCUT2D eigenvalue weighted by molar-refractivity contribution is 0.107. The molecule has 224 valence electrons. The largest absolute Gasteiger partial charge is 0.508 e. The number of rotatable bonds is 5. The first-order valence-corrected chi connectivity index (χ1v) is 14.9. The van der Waals surface area contributed by atoms with Crippen molar-refractivity contribution in [1.82, 2.24) is 20.2 Å². The first-order chi connectivity index (χ1) is 20.8. The zero-order valence-electron chi connectivity index (χ0n) is 23.4. The van der Waals surface area contributed by atoms with E-state index in [4.69, 9.17) is 9.72 Å². The van der Waals surface area contributed by atoms with Crippen molar-refractivity contribution in [3.8, 4) is 22.9 Å². The molecule has 5 saturated heterocycles. The van der Waals surface area contributed by atoms with E-state index in [-0.39, 0.29) is 57.9 Å². The lowest BCUT2D eigenvalue weighted by Gasteiger charge is -2.46. The van der Waals surface area contributed by atoms with E-state index in [1.165, 1.54) is 24.3 Å². The molecule has 2 N–H and O–H groups in total. The fourth-order valence-electron chi connectivity index (χ4n) is 7.83. The molecule has 11 heteroatoms. The summed E-state index contributed by atoms with van der Waals surface area (Å²) < 4.78 is 66.6. The maximum absolute atomic E-state index is 16.6. The van der Waals surface area contributed by atoms with Crippen LogP contribution < -0.4 is 15.0 Å². The van der Waals surface area contributed by atoms with Gasteiger partial charge in [-0.25, -0.2) is 17.6 Å². The minimum atomic E-state index is -1.13. The van der Waals surface area contributed by atoms with Gasteiger partial charge in [-0.05, 0) is 67.4 Å². The van der Waals surface area contributed by atoms with Gasteiger partial charge in [0.2, 0.25) is 0 Å². The minimum absolute atomic E-state index is 0.00511. The number of piperazine rings is 1. The minimum Gasteiger partial charge on any atom is -0.508 e. The van der Waals surface area contributed by atoms with Crippen molar-refractivity contribution in [2.24, 2.45) is 0 Å². The lowest BCUT2D eigenvalue weighted by Crippen LogP contribution is -2.61. The zero-order chi connectivity index (χ0) is 29.5. The van der Waals surface area contributed by atoms with Crippen LogP contribution in [0.5, 0.6) is 11.8 Å². The number of halogens is 4. The molecule has 9 rings (SSSR count). The average Bonchev–Trinajstić information content (AvgIpc) is 3.54. The molecule has 43 heavy (non-hydrogen) atoms. The molecule has 4 atom stereocenters. The van der Waals surface area contributed by atoms with Crippen LogP contribution in [0.2, 0.25) is 0 Å². The Morgan fingerprint density at radius 2 is 1.91 bits per heavy atom. The topological polar surface area (TPSA) is 73.8 Å². The van der Waals surface area contributed by atoms with Crippen LogP contribution in [-0.2, 0) is 0 Å². The molecule has 0 amide bonds. The summed E-state index contributed by atoms with van der Waals surface area (Å²) in [6.45, 7) is 2.86. The number of hydrogen-bond acceptors (Lipinski definition) is 7. The number of nitrogens with zero attached hydrogens (tertiary/aromatic N) is 4. The Morgan fingerprint density at radius 3 is 2.70 bits per heavy atom. The number of phenolic OH excluding ortho intramolecular Hbond substituents is 1. The van der Waals surface area contributed by atoms with Gasteiger partial charge < -0.3 is 20.1 Å². The second-order valence-electron chi connectivity index (χ2n) is 12.5. The molecule has 1 aromatic heterocycles. The Balaban J connectivity index is 1.27. The number of piperidine rings is 2. The molecule has 7 nitrogen and oxygen atoms in total. The van der Waals surface area contributed by atoms with E-state index in [1.54, 1.807) is 6.07 Å². The Bertz CT molecular complexity index is 1760. The van der Waals surface area contributed by atoms with Gasteiger partial charge in [0.05, 0.1) is 5.54 Å². The van der Waals surface area contributed by atoms with Crippen LogP contribution in [0.3, 0.4) is 0 Å². The molecule has 2 bridgehead atoms. The summed E-state index contributed by atoms with van der Waals surface area (Å²) in [4.78, 5) is 13.6. The Morgan fingerprint density at radius 1 is 1.02 bits per heavy atom. The third-order valence-electron chi connectivity index (χ3n) is 9.90. The third kappa shape index (κ3) is 4.30. The van der Waals surface area contributed by atoms with Crippen molar-refractivity contribution in [3.63, 3.8) is 0 Å². The maximum Gasteiger partial charge on any atom is 0.319 e. The van der Waals surface area contributed by atoms with E-state index < -0.39 is 29.2 Å². The number of aromatic hydroxyl groups is 1. The van der Waals surface area contributed by atoms with Gasteiger partial charge in [-0.3, -0.25) is 4.90 Å². The highest BCUT2D eigenvalue weighted by atomic mass is 19.2. The van der Waals surface area contributed by atoms with Crippen LogP contribution >= 0.6 is 0 Å². The summed E-state index contributed by atoms with van der Waals surface area (Å²) in [5.41, 5.74) is -0.479. The molecule has 5 aliphatic heterocycles. The second-order valence-corrected chi connectivity index (χ2v) is 12.5. The SMILES string of the molecule is Oc1cc(-c2ccc3c(N4C[C@@H]5CC[C@H]4CN5)nc(OC[C@@]45CCCN4C[C@H](F)C5)nc3c2F)c2c(F)c(F)ccc2c1. The highest BCUT2D eigenvalue weighted by Gasteiger charge is 2.49. The molecule has 4 aromatic rings. The van der Waals surface area contributed by atoms with Crippen LogP contribution in [0.15, 0.2) is 36.4 Å². The third-order valence-corrected chi connectivity index (χ3v) is 9.90. The molecule has 0 unspecified atom stereocenters. The summed E-state index contributed by atoms with van der Waals surface area (Å²) in [5.74, 6) is -2.61. The number of nitrogens with one attached hydrogen (secondary N) is 1. The number of fused-ring (bicyclic) bond motifs is 6. The van der Waals surface area contributed by atoms with Crippen LogP contribution in [0, 0.1) is 17.5 Å². The number of alkyl halides is 1. The number of benzene rings is 3. The zero-order valence-corrected chi connectivity index (χ0v) is 23.4. The van der Waals surface area contributed by atoms with E-state index in [0.717, 1.165) is 44.8 Å². The number of aromatic nitrogens is 2. The number of ether oxygens (including phenoxy) is 1.